The molecule has 4 rings (SSSR count). The van der Waals surface area contributed by atoms with Crippen LogP contribution in [0.2, 0.25) is 0 Å². The molecule has 0 bridgehead atoms. The molecule has 1 fully saturated rings. The lowest BCUT2D eigenvalue weighted by Gasteiger charge is -2.28. The molecule has 0 radical (unpaired) electrons. The van der Waals surface area contributed by atoms with Gasteiger partial charge >= 0.3 is 6.03 Å². The zero-order chi connectivity index (χ0) is 22.3. The number of benzene rings is 2. The minimum atomic E-state index is -0.271. The average Bonchev–Trinajstić information content (AvgIpc) is 2.81. The highest BCUT2D eigenvalue weighted by atomic mass is 16.2. The molecule has 3 aromatic rings. The second kappa shape index (κ2) is 10.1. The second-order valence-electron chi connectivity index (χ2n) is 8.04. The van der Waals surface area contributed by atoms with E-state index in [1.807, 2.05) is 61.5 Å². The minimum Gasteiger partial charge on any atom is -0.356 e. The third-order valence-corrected chi connectivity index (χ3v) is 5.54. The van der Waals surface area contributed by atoms with Gasteiger partial charge in [0.15, 0.2) is 0 Å². The van der Waals surface area contributed by atoms with Crippen molar-refractivity contribution in [3.05, 3.63) is 66.0 Å². The number of piperidine rings is 1. The fourth-order valence-electron chi connectivity index (χ4n) is 3.80. The number of nitrogens with one attached hydrogen (secondary N) is 3. The molecule has 7 heteroatoms. The molecule has 0 spiro atoms. The normalized spacial score (nSPS) is 13.5. The number of anilines is 5. The van der Waals surface area contributed by atoms with Crippen LogP contribution in [0.15, 0.2) is 54.6 Å². The maximum Gasteiger partial charge on any atom is 0.323 e. The van der Waals surface area contributed by atoms with Crippen molar-refractivity contribution < 1.29 is 4.79 Å². The maximum atomic E-state index is 12.3. The lowest BCUT2D eigenvalue weighted by atomic mass is 10.1. The van der Waals surface area contributed by atoms with Crippen LogP contribution >= 0.6 is 0 Å². The summed E-state index contributed by atoms with van der Waals surface area (Å²) in [6.07, 6.45) is 4.67. The number of aryl methyl sites for hydroxylation is 2. The molecule has 32 heavy (non-hydrogen) atoms. The Morgan fingerprint density at radius 3 is 2.09 bits per heavy atom. The molecule has 1 aliphatic heterocycles. The highest BCUT2D eigenvalue weighted by Gasteiger charge is 2.14. The van der Waals surface area contributed by atoms with Gasteiger partial charge in [-0.2, -0.15) is 0 Å². The van der Waals surface area contributed by atoms with Gasteiger partial charge in [-0.05, 0) is 74.6 Å². The van der Waals surface area contributed by atoms with Crippen LogP contribution in [0.5, 0.6) is 0 Å². The SMILES string of the molecule is CCc1ccc(NC(=O)Nc2ccc(Nc3cc(N4CCCCC4)nc(C)n3)cc2)cc1. The van der Waals surface area contributed by atoms with Gasteiger partial charge in [0, 0.05) is 36.2 Å². The molecule has 7 nitrogen and oxygen atoms in total. The third kappa shape index (κ3) is 5.75. The quantitative estimate of drug-likeness (QED) is 0.465. The molecule has 0 aliphatic carbocycles. The van der Waals surface area contributed by atoms with E-state index in [9.17, 15) is 4.79 Å². The zero-order valence-corrected chi connectivity index (χ0v) is 18.7. The van der Waals surface area contributed by atoms with Crippen molar-refractivity contribution in [2.24, 2.45) is 0 Å². The lowest BCUT2D eigenvalue weighted by molar-refractivity contribution is 0.262. The first-order chi connectivity index (χ1) is 15.6. The van der Waals surface area contributed by atoms with Gasteiger partial charge in [0.1, 0.15) is 17.5 Å². The van der Waals surface area contributed by atoms with Crippen LogP contribution < -0.4 is 20.9 Å². The van der Waals surface area contributed by atoms with Gasteiger partial charge in [-0.1, -0.05) is 19.1 Å². The molecular weight excluding hydrogens is 400 g/mol. The summed E-state index contributed by atoms with van der Waals surface area (Å²) in [6, 6.07) is 17.1. The Morgan fingerprint density at radius 1 is 0.875 bits per heavy atom. The van der Waals surface area contributed by atoms with Gasteiger partial charge < -0.3 is 20.9 Å². The monoisotopic (exact) mass is 430 g/mol. The highest BCUT2D eigenvalue weighted by molar-refractivity contribution is 5.99. The predicted octanol–water partition coefficient (Wildman–Crippen LogP) is 5.73. The Morgan fingerprint density at radius 2 is 1.47 bits per heavy atom. The molecule has 3 N–H and O–H groups in total. The number of hydrogen-bond donors (Lipinski definition) is 3. The number of aromatic nitrogens is 2. The summed E-state index contributed by atoms with van der Waals surface area (Å²) in [5.41, 5.74) is 3.61. The van der Waals surface area contributed by atoms with Crippen molar-refractivity contribution >= 4 is 34.7 Å². The molecule has 0 saturated carbocycles. The van der Waals surface area contributed by atoms with Crippen LogP contribution in [-0.2, 0) is 6.42 Å². The molecular formula is C25H30N6O. The van der Waals surface area contributed by atoms with E-state index in [4.69, 9.17) is 0 Å². The van der Waals surface area contributed by atoms with Crippen LogP contribution in [0.25, 0.3) is 0 Å². The predicted molar refractivity (Wildman–Crippen MR) is 131 cm³/mol. The van der Waals surface area contributed by atoms with Crippen molar-refractivity contribution in [3.8, 4) is 0 Å². The first kappa shape index (κ1) is 21.6. The first-order valence-electron chi connectivity index (χ1n) is 11.2. The fraction of sp³-hybridized carbons (Fsp3) is 0.320. The minimum absolute atomic E-state index is 0.271. The van der Waals surface area contributed by atoms with Gasteiger partial charge in [0.2, 0.25) is 0 Å². The van der Waals surface area contributed by atoms with E-state index < -0.39 is 0 Å². The van der Waals surface area contributed by atoms with E-state index in [2.05, 4.69) is 37.7 Å². The van der Waals surface area contributed by atoms with Gasteiger partial charge in [-0.15, -0.1) is 0 Å². The number of hydrogen-bond acceptors (Lipinski definition) is 5. The summed E-state index contributed by atoms with van der Waals surface area (Å²) < 4.78 is 0. The number of nitrogens with zero attached hydrogens (tertiary/aromatic N) is 3. The van der Waals surface area contributed by atoms with E-state index in [1.165, 1.54) is 24.8 Å². The summed E-state index contributed by atoms with van der Waals surface area (Å²) in [6.45, 7) is 6.11. The van der Waals surface area contributed by atoms with Crippen molar-refractivity contribution in [3.63, 3.8) is 0 Å². The molecule has 2 heterocycles. The topological polar surface area (TPSA) is 82.2 Å². The Kier molecular flexibility index (Phi) is 6.84. The van der Waals surface area contributed by atoms with Crippen LogP contribution in [0.1, 0.15) is 37.6 Å². The van der Waals surface area contributed by atoms with Crippen LogP contribution in [0.4, 0.5) is 33.5 Å². The summed E-state index contributed by atoms with van der Waals surface area (Å²) >= 11 is 0. The largest absolute Gasteiger partial charge is 0.356 e. The summed E-state index contributed by atoms with van der Waals surface area (Å²) in [7, 11) is 0. The van der Waals surface area contributed by atoms with E-state index in [0.29, 0.717) is 5.69 Å². The Labute approximate surface area is 189 Å². The van der Waals surface area contributed by atoms with Gasteiger partial charge in [0.25, 0.3) is 0 Å². The van der Waals surface area contributed by atoms with Crippen LogP contribution in [0.3, 0.4) is 0 Å². The number of carbonyl (C=O) groups excluding carboxylic acids is 1. The number of carbonyl (C=O) groups is 1. The van der Waals surface area contributed by atoms with Crippen LogP contribution in [-0.4, -0.2) is 29.1 Å². The molecule has 166 valence electrons. The van der Waals surface area contributed by atoms with Crippen molar-refractivity contribution in [1.29, 1.82) is 0 Å². The van der Waals surface area contributed by atoms with E-state index in [1.54, 1.807) is 0 Å². The van der Waals surface area contributed by atoms with E-state index in [-0.39, 0.29) is 6.03 Å². The molecule has 0 unspecified atom stereocenters. The average molecular weight is 431 g/mol. The fourth-order valence-corrected chi connectivity index (χ4v) is 3.80. The summed E-state index contributed by atoms with van der Waals surface area (Å²) in [5.74, 6) is 2.49. The van der Waals surface area contributed by atoms with Gasteiger partial charge in [-0.25, -0.2) is 14.8 Å². The number of rotatable bonds is 6. The van der Waals surface area contributed by atoms with Gasteiger partial charge in [-0.3, -0.25) is 0 Å². The van der Waals surface area contributed by atoms with Crippen molar-refractivity contribution in [2.45, 2.75) is 39.5 Å². The third-order valence-electron chi connectivity index (χ3n) is 5.54. The second-order valence-corrected chi connectivity index (χ2v) is 8.04. The molecule has 2 amide bonds. The van der Waals surface area contributed by atoms with Crippen molar-refractivity contribution in [1.82, 2.24) is 9.97 Å². The van der Waals surface area contributed by atoms with E-state index >= 15 is 0 Å². The summed E-state index contributed by atoms with van der Waals surface area (Å²) in [4.78, 5) is 23.7. The molecule has 0 atom stereocenters. The Balaban J connectivity index is 1.36. The molecule has 1 aromatic heterocycles. The summed E-state index contributed by atoms with van der Waals surface area (Å²) in [5, 5.41) is 9.06. The highest BCUT2D eigenvalue weighted by Crippen LogP contribution is 2.23. The maximum absolute atomic E-state index is 12.3. The number of urea groups is 1. The molecule has 2 aromatic carbocycles. The smallest absolute Gasteiger partial charge is 0.323 e. The zero-order valence-electron chi connectivity index (χ0n) is 18.7. The van der Waals surface area contributed by atoms with Crippen LogP contribution in [0, 0.1) is 6.92 Å². The Bertz CT molecular complexity index is 1040. The standard InChI is InChI=1S/C25H30N6O/c1-3-19-7-9-21(10-8-19)29-25(32)30-22-13-11-20(12-14-22)28-23-17-24(27-18(2)26-23)31-15-5-4-6-16-31/h7-14,17H,3-6,15-16H2,1-2H3,(H,26,27,28)(H2,29,30,32). The number of amides is 2. The molecule has 1 aliphatic rings. The first-order valence-corrected chi connectivity index (χ1v) is 11.2. The van der Waals surface area contributed by atoms with E-state index in [0.717, 1.165) is 48.3 Å². The lowest BCUT2D eigenvalue weighted by Crippen LogP contribution is -2.30. The Hall–Kier alpha value is -3.61. The van der Waals surface area contributed by atoms with Gasteiger partial charge in [0.05, 0.1) is 0 Å². The van der Waals surface area contributed by atoms with Crippen molar-refractivity contribution in [2.75, 3.05) is 33.9 Å². The molecule has 1 saturated heterocycles.